The minimum Gasteiger partial charge on any atom is -0.349 e. The summed E-state index contributed by atoms with van der Waals surface area (Å²) in [6.07, 6.45) is 4.11. The number of nitrogens with zero attached hydrogens (tertiary/aromatic N) is 6. The number of aromatic nitrogens is 10. The van der Waals surface area contributed by atoms with Gasteiger partial charge in [-0.15, -0.1) is 0 Å². The van der Waals surface area contributed by atoms with E-state index in [9.17, 15) is 9.18 Å². The molecule has 1 saturated carbocycles. The normalized spacial score (nSPS) is 12.4. The molecule has 1 aliphatic rings. The van der Waals surface area contributed by atoms with Crippen molar-refractivity contribution >= 4 is 66.9 Å². The lowest BCUT2D eigenvalue weighted by atomic mass is 10.2. The van der Waals surface area contributed by atoms with Crippen molar-refractivity contribution in [1.29, 1.82) is 0 Å². The summed E-state index contributed by atoms with van der Waals surface area (Å²) in [5.74, 6) is 2.76. The van der Waals surface area contributed by atoms with Gasteiger partial charge in [-0.05, 0) is 108 Å². The van der Waals surface area contributed by atoms with Crippen LogP contribution >= 0.6 is 0 Å². The molecule has 5 aromatic heterocycles. The number of fused-ring (bicyclic) bond motifs is 5. The summed E-state index contributed by atoms with van der Waals surface area (Å²) >= 11 is 0. The largest absolute Gasteiger partial charge is 0.349 e. The summed E-state index contributed by atoms with van der Waals surface area (Å²) in [6.45, 7) is 10.4. The number of carbonyl (C=O) groups is 1. The summed E-state index contributed by atoms with van der Waals surface area (Å²) in [7, 11) is 3.92. The predicted octanol–water partition coefficient (Wildman–Crippen LogP) is 7.84. The van der Waals surface area contributed by atoms with Crippen molar-refractivity contribution in [2.24, 2.45) is 28.7 Å². The molecule has 5 aromatic carbocycles. The van der Waals surface area contributed by atoms with Crippen molar-refractivity contribution in [2.45, 2.75) is 77.9 Å². The molecule has 0 aliphatic heterocycles. The van der Waals surface area contributed by atoms with E-state index in [1.54, 1.807) is 6.33 Å². The zero-order valence-corrected chi connectivity index (χ0v) is 40.2. The van der Waals surface area contributed by atoms with E-state index in [4.69, 9.17) is 28.7 Å². The maximum absolute atomic E-state index is 13.7. The average Bonchev–Trinajstić information content (AvgIpc) is 4.02. The van der Waals surface area contributed by atoms with Gasteiger partial charge in [0.05, 0.1) is 61.5 Å². The van der Waals surface area contributed by atoms with Crippen LogP contribution in [0.2, 0.25) is 0 Å². The van der Waals surface area contributed by atoms with Gasteiger partial charge in [-0.3, -0.25) is 4.79 Å². The van der Waals surface area contributed by atoms with Gasteiger partial charge in [-0.2, -0.15) is 0 Å². The maximum atomic E-state index is 13.7. The first-order chi connectivity index (χ1) is 33.7. The Hall–Kier alpha value is -7.61. The quantitative estimate of drug-likeness (QED) is 0.0438. The van der Waals surface area contributed by atoms with Gasteiger partial charge in [0.2, 0.25) is 5.95 Å². The number of alkyl halides is 1. The minimum absolute atomic E-state index is 0.0282. The van der Waals surface area contributed by atoms with Gasteiger partial charge in [0.15, 0.2) is 17.3 Å². The first-order valence-corrected chi connectivity index (χ1v) is 23.1. The highest BCUT2D eigenvalue weighted by atomic mass is 19.1. The van der Waals surface area contributed by atoms with Crippen LogP contribution in [0.4, 0.5) is 10.3 Å². The lowest BCUT2D eigenvalue weighted by Gasteiger charge is -2.05. The number of nitrogens with two attached hydrogens (primary N) is 5. The number of Topliss-reactive ketones (excluding diaryl/α,β-unsaturated/α-hetero) is 1. The number of ketones is 1. The van der Waals surface area contributed by atoms with Gasteiger partial charge in [-0.25, -0.2) is 29.3 Å². The van der Waals surface area contributed by atoms with Crippen molar-refractivity contribution in [1.82, 2.24) is 49.8 Å². The summed E-state index contributed by atoms with van der Waals surface area (Å²) < 4.78 is 13.7. The van der Waals surface area contributed by atoms with Gasteiger partial charge >= 0.3 is 0 Å². The molecule has 364 valence electrons. The first kappa shape index (κ1) is 50.3. The van der Waals surface area contributed by atoms with Crippen molar-refractivity contribution in [3.8, 4) is 0 Å². The van der Waals surface area contributed by atoms with Gasteiger partial charge in [0.25, 0.3) is 0 Å². The SMILES string of the molecule is C=C(C)Cc1nc2ccc(CN)cc2[nH]1.CCC(=O)c1nc2ccc(CN)cc2[nH]1.CN(C)c1nc2ccc(CN)cc2[nH]1.NCc1ccc2nc(C3(F)CC3)[nH]c2c1.NCc1ccc2nc[nH]c2c1. The lowest BCUT2D eigenvalue weighted by Crippen LogP contribution is -2.09. The third-order valence-corrected chi connectivity index (χ3v) is 11.5. The minimum atomic E-state index is -1.19. The number of rotatable bonds is 11. The summed E-state index contributed by atoms with van der Waals surface area (Å²) in [4.78, 5) is 50.4. The van der Waals surface area contributed by atoms with Crippen LogP contribution in [-0.2, 0) is 44.8 Å². The van der Waals surface area contributed by atoms with Gasteiger partial charge < -0.3 is 58.5 Å². The summed E-state index contributed by atoms with van der Waals surface area (Å²) in [6, 6.07) is 29.5. The summed E-state index contributed by atoms with van der Waals surface area (Å²) in [5, 5.41) is 0. The smallest absolute Gasteiger partial charge is 0.203 e. The van der Waals surface area contributed by atoms with Crippen LogP contribution in [0.1, 0.15) is 83.2 Å². The second kappa shape index (κ2) is 22.7. The molecule has 1 fully saturated rings. The second-order valence-corrected chi connectivity index (χ2v) is 17.4. The Labute approximate surface area is 405 Å². The van der Waals surface area contributed by atoms with Crippen LogP contribution in [0.3, 0.4) is 0 Å². The zero-order chi connectivity index (χ0) is 50.0. The van der Waals surface area contributed by atoms with E-state index >= 15 is 0 Å². The third-order valence-electron chi connectivity index (χ3n) is 11.5. The average molecular weight is 947 g/mol. The van der Waals surface area contributed by atoms with Gasteiger partial charge in [0.1, 0.15) is 11.6 Å². The number of hydrogen-bond acceptors (Lipinski definition) is 12. The molecule has 15 N–H and O–H groups in total. The molecule has 1 aliphatic carbocycles. The Morgan fingerprint density at radius 3 is 1.54 bits per heavy atom. The van der Waals surface area contributed by atoms with Crippen molar-refractivity contribution in [2.75, 3.05) is 19.0 Å². The van der Waals surface area contributed by atoms with Crippen molar-refractivity contribution in [3.05, 3.63) is 155 Å². The lowest BCUT2D eigenvalue weighted by molar-refractivity contribution is 0.0979. The van der Waals surface area contributed by atoms with Crippen LogP contribution in [-0.4, -0.2) is 69.7 Å². The fourth-order valence-corrected chi connectivity index (χ4v) is 7.32. The molecule has 18 heteroatoms. The Morgan fingerprint density at radius 1 is 0.614 bits per heavy atom. The van der Waals surface area contributed by atoms with Crippen LogP contribution in [0, 0.1) is 0 Å². The Kier molecular flexibility index (Phi) is 16.3. The van der Waals surface area contributed by atoms with Crippen molar-refractivity contribution < 1.29 is 9.18 Å². The standard InChI is InChI=1S/C12H15N3.C11H12FN3.C11H13N3O.C10H14N4.C8H9N3/c1-8(2)5-12-14-10-4-3-9(7-13)6-11(10)15-12;12-11(3-4-11)10-14-8-2-1-7(6-13)5-9(8)15-10;1-2-10(15)11-13-8-4-3-7(6-12)5-9(8)14-11;1-14(2)10-12-8-4-3-7(6-11)5-9(8)13-10;9-4-6-1-2-7-8(3-6)11-5-10-7/h3-4,6H,1,5,7,13H2,2H3,(H,14,15);1-2,5H,3-4,6,13H2,(H,14,15);3-5H,2,6,12H2,1H3,(H,13,14);3-5H,6,11H2,1-2H3,(H,12,13);1-3,5H,4,9H2,(H,10,11). The number of aromatic amines is 5. The fraction of sp³-hybridized carbons (Fsp3) is 0.269. The van der Waals surface area contributed by atoms with E-state index in [1.165, 1.54) is 0 Å². The topological polar surface area (TPSA) is 294 Å². The number of allylic oxidation sites excluding steroid dienone is 1. The van der Waals surface area contributed by atoms with Gasteiger partial charge in [0, 0.05) is 59.7 Å². The third kappa shape index (κ3) is 12.5. The molecular formula is C52H63FN16O. The highest BCUT2D eigenvalue weighted by molar-refractivity contribution is 5.95. The van der Waals surface area contributed by atoms with Crippen LogP contribution in [0.25, 0.3) is 55.2 Å². The molecule has 11 rings (SSSR count). The maximum Gasteiger partial charge on any atom is 0.203 e. The molecule has 0 bridgehead atoms. The second-order valence-electron chi connectivity index (χ2n) is 17.4. The first-order valence-electron chi connectivity index (χ1n) is 23.1. The zero-order valence-electron chi connectivity index (χ0n) is 40.2. The summed E-state index contributed by atoms with van der Waals surface area (Å²) in [5.41, 5.74) is 42.5. The van der Waals surface area contributed by atoms with Crippen LogP contribution in [0.5, 0.6) is 0 Å². The molecular weight excluding hydrogens is 884 g/mol. The Morgan fingerprint density at radius 2 is 1.06 bits per heavy atom. The number of H-pyrrole nitrogens is 5. The molecule has 0 radical (unpaired) electrons. The molecule has 10 aromatic rings. The van der Waals surface area contributed by atoms with Crippen molar-refractivity contribution in [3.63, 3.8) is 0 Å². The fourth-order valence-electron chi connectivity index (χ4n) is 7.32. The Bertz CT molecular complexity index is 3350. The van der Waals surface area contributed by atoms with Gasteiger partial charge in [-0.1, -0.05) is 49.4 Å². The molecule has 0 unspecified atom stereocenters. The number of anilines is 1. The van der Waals surface area contributed by atoms with E-state index in [1.807, 2.05) is 124 Å². The Balaban J connectivity index is 0.000000129. The molecule has 0 amide bonds. The van der Waals surface area contributed by atoms with E-state index < -0.39 is 5.67 Å². The molecule has 0 atom stereocenters. The molecule has 5 heterocycles. The predicted molar refractivity (Wildman–Crippen MR) is 279 cm³/mol. The number of imidazole rings is 5. The number of halogens is 1. The number of nitrogens with one attached hydrogen (secondary N) is 5. The molecule has 17 nitrogen and oxygen atoms in total. The number of benzene rings is 5. The van der Waals surface area contributed by atoms with E-state index in [0.717, 1.165) is 107 Å². The monoisotopic (exact) mass is 947 g/mol. The van der Waals surface area contributed by atoms with E-state index in [2.05, 4.69) is 56.4 Å². The highest BCUT2D eigenvalue weighted by Crippen LogP contribution is 2.48. The molecule has 70 heavy (non-hydrogen) atoms. The van der Waals surface area contributed by atoms with E-state index in [0.29, 0.717) is 63.6 Å². The highest BCUT2D eigenvalue weighted by Gasteiger charge is 2.47. The van der Waals surface area contributed by atoms with Crippen LogP contribution < -0.4 is 33.6 Å². The van der Waals surface area contributed by atoms with E-state index in [-0.39, 0.29) is 5.78 Å². The number of hydrogen-bond donors (Lipinski definition) is 10. The van der Waals surface area contributed by atoms with Crippen LogP contribution in [0.15, 0.2) is 109 Å². The molecule has 0 saturated heterocycles. The number of carbonyl (C=O) groups excluding carboxylic acids is 1. The molecule has 0 spiro atoms.